The van der Waals surface area contributed by atoms with E-state index in [1.165, 1.54) is 17.0 Å². The number of hydrogen-bond acceptors (Lipinski definition) is 6. The van der Waals surface area contributed by atoms with Gasteiger partial charge in [-0.2, -0.15) is 4.37 Å². The fourth-order valence-electron chi connectivity index (χ4n) is 1.77. The van der Waals surface area contributed by atoms with Gasteiger partial charge in [-0.15, -0.1) is 4.37 Å². The monoisotopic (exact) mass is 344 g/mol. The van der Waals surface area contributed by atoms with Crippen LogP contribution in [0.25, 0.3) is 11.3 Å². The summed E-state index contributed by atoms with van der Waals surface area (Å²) in [5.41, 5.74) is 6.43. The Morgan fingerprint density at radius 3 is 2.91 bits per heavy atom. The van der Waals surface area contributed by atoms with Gasteiger partial charge in [-0.05, 0) is 18.6 Å². The molecule has 0 aliphatic rings. The summed E-state index contributed by atoms with van der Waals surface area (Å²) in [7, 11) is 1.62. The van der Waals surface area contributed by atoms with E-state index in [-0.39, 0.29) is 22.3 Å². The lowest BCUT2D eigenvalue weighted by Crippen LogP contribution is -2.30. The number of rotatable bonds is 4. The van der Waals surface area contributed by atoms with Crippen molar-refractivity contribution >= 4 is 35.1 Å². The molecule has 0 saturated heterocycles. The first kappa shape index (κ1) is 16.4. The van der Waals surface area contributed by atoms with E-state index in [4.69, 9.17) is 22.1 Å². The fraction of sp³-hybridized carbons (Fsp3) is 0.308. The smallest absolute Gasteiger partial charge is 0.397 e. The number of halogens is 2. The lowest BCUT2D eigenvalue weighted by Gasteiger charge is -2.15. The number of anilines is 1. The SMILES string of the molecule is CCCN(C)C(=O)Oc1nsnc1-c1ccc(F)c(Cl)c1N. The molecule has 0 aliphatic carbocycles. The highest BCUT2D eigenvalue weighted by atomic mass is 35.5. The molecule has 1 amide bonds. The van der Waals surface area contributed by atoms with Crippen molar-refractivity contribution in [1.82, 2.24) is 13.6 Å². The Morgan fingerprint density at radius 1 is 1.50 bits per heavy atom. The highest BCUT2D eigenvalue weighted by molar-refractivity contribution is 6.99. The lowest BCUT2D eigenvalue weighted by atomic mass is 10.1. The highest BCUT2D eigenvalue weighted by Crippen LogP contribution is 2.37. The number of nitrogens with zero attached hydrogens (tertiary/aromatic N) is 3. The zero-order chi connectivity index (χ0) is 16.3. The molecular weight excluding hydrogens is 331 g/mol. The molecule has 0 aliphatic heterocycles. The zero-order valence-electron chi connectivity index (χ0n) is 12.0. The molecule has 2 aromatic rings. The summed E-state index contributed by atoms with van der Waals surface area (Å²) in [6, 6.07) is 2.59. The van der Waals surface area contributed by atoms with Crippen molar-refractivity contribution in [2.75, 3.05) is 19.3 Å². The summed E-state index contributed by atoms with van der Waals surface area (Å²) in [5, 5.41) is -0.203. The van der Waals surface area contributed by atoms with Gasteiger partial charge in [0.2, 0.25) is 0 Å². The van der Waals surface area contributed by atoms with E-state index in [0.29, 0.717) is 12.1 Å². The van der Waals surface area contributed by atoms with Gasteiger partial charge in [0.25, 0.3) is 5.88 Å². The van der Waals surface area contributed by atoms with E-state index in [9.17, 15) is 9.18 Å². The summed E-state index contributed by atoms with van der Waals surface area (Å²) in [6.45, 7) is 2.50. The van der Waals surface area contributed by atoms with Crippen LogP contribution < -0.4 is 10.5 Å². The molecule has 0 fully saturated rings. The molecule has 0 unspecified atom stereocenters. The summed E-state index contributed by atoms with van der Waals surface area (Å²) in [6.07, 6.45) is 0.247. The third-order valence-electron chi connectivity index (χ3n) is 2.90. The zero-order valence-corrected chi connectivity index (χ0v) is 13.5. The second-order valence-electron chi connectivity index (χ2n) is 4.53. The van der Waals surface area contributed by atoms with Gasteiger partial charge in [-0.25, -0.2) is 9.18 Å². The van der Waals surface area contributed by atoms with Crippen LogP contribution in [0.2, 0.25) is 5.02 Å². The number of benzene rings is 1. The Bertz CT molecular complexity index is 695. The van der Waals surface area contributed by atoms with Crippen molar-refractivity contribution in [3.05, 3.63) is 23.0 Å². The molecular formula is C13H14ClFN4O2S. The molecule has 0 bridgehead atoms. The van der Waals surface area contributed by atoms with Crippen LogP contribution in [0.15, 0.2) is 12.1 Å². The number of amides is 1. The molecule has 2 N–H and O–H groups in total. The van der Waals surface area contributed by atoms with E-state index in [1.54, 1.807) is 7.05 Å². The van der Waals surface area contributed by atoms with Crippen LogP contribution in [0.3, 0.4) is 0 Å². The second-order valence-corrected chi connectivity index (χ2v) is 5.44. The Balaban J connectivity index is 2.31. The first-order valence-electron chi connectivity index (χ1n) is 6.45. The third kappa shape index (κ3) is 3.28. The molecule has 0 saturated carbocycles. The largest absolute Gasteiger partial charge is 0.416 e. The summed E-state index contributed by atoms with van der Waals surface area (Å²) in [4.78, 5) is 13.3. The molecule has 0 spiro atoms. The van der Waals surface area contributed by atoms with Crippen LogP contribution in [0.1, 0.15) is 13.3 Å². The molecule has 9 heteroatoms. The summed E-state index contributed by atoms with van der Waals surface area (Å²) >= 11 is 6.65. The van der Waals surface area contributed by atoms with Crippen LogP contribution in [-0.2, 0) is 0 Å². The second kappa shape index (κ2) is 6.89. The maximum absolute atomic E-state index is 13.4. The molecule has 1 heterocycles. The minimum absolute atomic E-state index is 0.0207. The Kier molecular flexibility index (Phi) is 5.15. The van der Waals surface area contributed by atoms with E-state index in [0.717, 1.165) is 18.1 Å². The van der Waals surface area contributed by atoms with E-state index in [2.05, 4.69) is 8.75 Å². The van der Waals surface area contributed by atoms with Crippen molar-refractivity contribution in [2.24, 2.45) is 0 Å². The Morgan fingerprint density at radius 2 is 2.23 bits per heavy atom. The number of carbonyl (C=O) groups excluding carboxylic acids is 1. The fourth-order valence-corrected chi connectivity index (χ4v) is 2.43. The molecule has 1 aromatic carbocycles. The number of aromatic nitrogens is 2. The van der Waals surface area contributed by atoms with Gasteiger partial charge >= 0.3 is 6.09 Å². The first-order chi connectivity index (χ1) is 10.5. The summed E-state index contributed by atoms with van der Waals surface area (Å²) in [5.74, 6) is -0.611. The van der Waals surface area contributed by atoms with Gasteiger partial charge in [0.1, 0.15) is 5.82 Å². The van der Waals surface area contributed by atoms with Gasteiger partial charge in [0.15, 0.2) is 5.69 Å². The van der Waals surface area contributed by atoms with Gasteiger partial charge in [-0.1, -0.05) is 18.5 Å². The number of ether oxygens (including phenoxy) is 1. The van der Waals surface area contributed by atoms with Crippen molar-refractivity contribution in [3.63, 3.8) is 0 Å². The Labute approximate surface area is 136 Å². The topological polar surface area (TPSA) is 81.3 Å². The summed E-state index contributed by atoms with van der Waals surface area (Å²) < 4.78 is 26.6. The Hall–Kier alpha value is -1.93. The predicted octanol–water partition coefficient (Wildman–Crippen LogP) is 3.42. The van der Waals surface area contributed by atoms with E-state index < -0.39 is 11.9 Å². The van der Waals surface area contributed by atoms with Crippen LogP contribution >= 0.6 is 23.3 Å². The number of hydrogen-bond donors (Lipinski definition) is 1. The van der Waals surface area contributed by atoms with Gasteiger partial charge in [-0.3, -0.25) is 0 Å². The number of nitrogen functional groups attached to an aromatic ring is 1. The molecule has 6 nitrogen and oxygen atoms in total. The average molecular weight is 345 g/mol. The molecule has 22 heavy (non-hydrogen) atoms. The van der Waals surface area contributed by atoms with Crippen LogP contribution in [0, 0.1) is 5.82 Å². The van der Waals surface area contributed by atoms with E-state index >= 15 is 0 Å². The molecule has 1 aromatic heterocycles. The number of nitrogens with two attached hydrogens (primary N) is 1. The van der Waals surface area contributed by atoms with Crippen molar-refractivity contribution < 1.29 is 13.9 Å². The maximum Gasteiger partial charge on any atom is 0.416 e. The number of carbonyl (C=O) groups is 1. The van der Waals surface area contributed by atoms with Gasteiger partial charge < -0.3 is 15.4 Å². The third-order valence-corrected chi connectivity index (χ3v) is 3.80. The standard InChI is InChI=1S/C13H14ClFN4O2S/c1-3-6-19(2)13(20)21-12-11(17-22-18-12)7-4-5-8(15)9(14)10(7)16/h4-5H,3,6,16H2,1-2H3. The normalized spacial score (nSPS) is 10.5. The predicted molar refractivity (Wildman–Crippen MR) is 83.7 cm³/mol. The first-order valence-corrected chi connectivity index (χ1v) is 7.55. The van der Waals surface area contributed by atoms with Crippen molar-refractivity contribution in [1.29, 1.82) is 0 Å². The maximum atomic E-state index is 13.4. The molecule has 0 radical (unpaired) electrons. The van der Waals surface area contributed by atoms with E-state index in [1.807, 2.05) is 6.92 Å². The molecule has 0 atom stereocenters. The highest BCUT2D eigenvalue weighted by Gasteiger charge is 2.21. The minimum Gasteiger partial charge on any atom is -0.397 e. The van der Waals surface area contributed by atoms with Crippen LogP contribution in [-0.4, -0.2) is 33.3 Å². The van der Waals surface area contributed by atoms with Crippen LogP contribution in [0.4, 0.5) is 14.9 Å². The average Bonchev–Trinajstić information content (AvgIpc) is 2.93. The quantitative estimate of drug-likeness (QED) is 0.859. The minimum atomic E-state index is -0.632. The van der Waals surface area contributed by atoms with Gasteiger partial charge in [0.05, 0.1) is 22.4 Å². The van der Waals surface area contributed by atoms with Crippen LogP contribution in [0.5, 0.6) is 5.88 Å². The molecule has 2 rings (SSSR count). The van der Waals surface area contributed by atoms with Crippen molar-refractivity contribution in [2.45, 2.75) is 13.3 Å². The molecule has 118 valence electrons. The lowest BCUT2D eigenvalue weighted by molar-refractivity contribution is 0.162. The van der Waals surface area contributed by atoms with Crippen molar-refractivity contribution in [3.8, 4) is 17.1 Å². The van der Waals surface area contributed by atoms with Gasteiger partial charge in [0, 0.05) is 19.2 Å².